The highest BCUT2D eigenvalue weighted by molar-refractivity contribution is 6.76. The van der Waals surface area contributed by atoms with Gasteiger partial charge in [0.2, 0.25) is 0 Å². The van der Waals surface area contributed by atoms with Crippen molar-refractivity contribution < 1.29 is 4.74 Å². The van der Waals surface area contributed by atoms with Gasteiger partial charge in [-0.25, -0.2) is 19.9 Å². The van der Waals surface area contributed by atoms with Crippen molar-refractivity contribution in [1.82, 2.24) is 49.0 Å². The highest BCUT2D eigenvalue weighted by atomic mass is 35.5. The van der Waals surface area contributed by atoms with Gasteiger partial charge < -0.3 is 29.8 Å². The zero-order valence-electron chi connectivity index (χ0n) is 38.7. The molecule has 4 bridgehead atoms. The fourth-order valence-corrected chi connectivity index (χ4v) is 12.8. The number of ether oxygens (including phenoxy) is 1. The normalized spacial score (nSPS) is 22.9. The second-order valence-corrected chi connectivity index (χ2v) is 27.0. The van der Waals surface area contributed by atoms with Crippen molar-refractivity contribution in [3.8, 4) is 22.3 Å². The summed E-state index contributed by atoms with van der Waals surface area (Å²) in [5.41, 5.74) is 15.2. The second-order valence-electron chi connectivity index (χ2n) is 20.6. The van der Waals surface area contributed by atoms with Gasteiger partial charge >= 0.3 is 0 Å². The van der Waals surface area contributed by atoms with Crippen LogP contribution in [0.5, 0.6) is 0 Å². The Bertz CT molecular complexity index is 3090. The summed E-state index contributed by atoms with van der Waals surface area (Å²) in [5.74, 6) is 2.72. The first-order valence-electron chi connectivity index (χ1n) is 23.6. The number of fused-ring (bicyclic) bond motifs is 8. The lowest BCUT2D eigenvalue weighted by Gasteiger charge is -2.38. The molecule has 0 aliphatic carbocycles. The monoisotopic (exact) mass is 943 g/mol. The molecule has 4 aliphatic heterocycles. The topological polar surface area (TPSA) is 150 Å². The molecule has 2 unspecified atom stereocenters. The van der Waals surface area contributed by atoms with Gasteiger partial charge in [0.25, 0.3) is 0 Å². The van der Waals surface area contributed by atoms with Crippen LogP contribution in [0, 0.1) is 5.92 Å². The maximum Gasteiger partial charge on any atom is 0.163 e. The van der Waals surface area contributed by atoms with E-state index in [4.69, 9.17) is 53.6 Å². The average molecular weight is 945 g/mol. The molecule has 4 fully saturated rings. The lowest BCUT2D eigenvalue weighted by atomic mass is 9.92. The highest BCUT2D eigenvalue weighted by Gasteiger charge is 2.42. The Labute approximate surface area is 395 Å². The van der Waals surface area contributed by atoms with Crippen LogP contribution in [0.1, 0.15) is 58.3 Å². The number of nitrogens with two attached hydrogens (primary N) is 1. The van der Waals surface area contributed by atoms with E-state index in [1.807, 2.05) is 69.3 Å². The molecule has 17 heteroatoms. The van der Waals surface area contributed by atoms with E-state index >= 15 is 0 Å². The van der Waals surface area contributed by atoms with Crippen molar-refractivity contribution in [2.75, 3.05) is 16.4 Å². The van der Waals surface area contributed by atoms with Crippen LogP contribution in [0.3, 0.4) is 0 Å². The van der Waals surface area contributed by atoms with E-state index in [0.717, 1.165) is 109 Å². The Morgan fingerprint density at radius 3 is 1.85 bits per heavy atom. The third-order valence-electron chi connectivity index (χ3n) is 14.5. The quantitative estimate of drug-likeness (QED) is 0.106. The van der Waals surface area contributed by atoms with E-state index in [1.54, 1.807) is 9.36 Å². The number of H-pyrrole nitrogens is 1. The Balaban J connectivity index is 0.000000150. The number of hydrogen-bond acceptors (Lipinski definition) is 10. The Hall–Kier alpha value is -5.06. The van der Waals surface area contributed by atoms with E-state index in [-0.39, 0.29) is 0 Å². The molecular formula is C49H59Cl2N13OSi. The van der Waals surface area contributed by atoms with Crippen molar-refractivity contribution in [3.05, 3.63) is 71.5 Å². The lowest BCUT2D eigenvalue weighted by molar-refractivity contribution is 0.0899. The summed E-state index contributed by atoms with van der Waals surface area (Å²) in [6, 6.07) is 11.6. The molecule has 344 valence electrons. The summed E-state index contributed by atoms with van der Waals surface area (Å²) in [7, 11) is 2.65. The van der Waals surface area contributed by atoms with Crippen molar-refractivity contribution in [3.63, 3.8) is 0 Å². The number of anilines is 2. The van der Waals surface area contributed by atoms with E-state index in [0.29, 0.717) is 47.0 Å². The number of rotatable bonds is 9. The average Bonchev–Trinajstić information content (AvgIpc) is 4.13. The van der Waals surface area contributed by atoms with Gasteiger partial charge in [-0.1, -0.05) is 61.9 Å². The Kier molecular flexibility index (Phi) is 11.2. The molecule has 8 aromatic rings. The van der Waals surface area contributed by atoms with Crippen LogP contribution in [0.2, 0.25) is 35.7 Å². The molecular weight excluding hydrogens is 886 g/mol. The lowest BCUT2D eigenvalue weighted by Crippen LogP contribution is -2.47. The van der Waals surface area contributed by atoms with Gasteiger partial charge in [-0.15, -0.1) is 0 Å². The van der Waals surface area contributed by atoms with Crippen LogP contribution in [0.25, 0.3) is 66.4 Å². The number of benzene rings is 2. The van der Waals surface area contributed by atoms with Gasteiger partial charge in [0.05, 0.1) is 33.5 Å². The molecule has 10 heterocycles. The van der Waals surface area contributed by atoms with Crippen LogP contribution in [0.4, 0.5) is 11.6 Å². The van der Waals surface area contributed by atoms with Gasteiger partial charge in [0.15, 0.2) is 11.3 Å². The predicted octanol–water partition coefficient (Wildman–Crippen LogP) is 10.3. The van der Waals surface area contributed by atoms with Crippen molar-refractivity contribution in [2.45, 2.75) is 121 Å². The maximum atomic E-state index is 6.94. The van der Waals surface area contributed by atoms with Gasteiger partial charge in [0.1, 0.15) is 29.4 Å². The number of aromatic nitrogens is 10. The molecule has 6 atom stereocenters. The molecule has 4 aliphatic rings. The smallest absolute Gasteiger partial charge is 0.163 e. The van der Waals surface area contributed by atoms with Crippen LogP contribution >= 0.6 is 23.2 Å². The number of aromatic amines is 1. The van der Waals surface area contributed by atoms with Gasteiger partial charge in [-0.3, -0.25) is 9.36 Å². The van der Waals surface area contributed by atoms with Crippen molar-refractivity contribution in [1.29, 1.82) is 0 Å². The summed E-state index contributed by atoms with van der Waals surface area (Å²) in [4.78, 5) is 28.2. The molecule has 6 aromatic heterocycles. The first kappa shape index (κ1) is 43.5. The number of nitrogens with zero attached hydrogens (tertiary/aromatic N) is 11. The first-order chi connectivity index (χ1) is 31.8. The van der Waals surface area contributed by atoms with Crippen LogP contribution in [-0.4, -0.2) is 93.9 Å². The summed E-state index contributed by atoms with van der Waals surface area (Å²) in [6.07, 6.45) is 21.3. The highest BCUT2D eigenvalue weighted by Crippen LogP contribution is 2.44. The molecule has 14 nitrogen and oxygen atoms in total. The molecule has 2 aromatic carbocycles. The Morgan fingerprint density at radius 2 is 1.26 bits per heavy atom. The number of halogens is 2. The number of hydrogen-bond donors (Lipinski definition) is 2. The predicted molar refractivity (Wildman–Crippen MR) is 269 cm³/mol. The van der Waals surface area contributed by atoms with E-state index in [2.05, 4.69) is 62.3 Å². The van der Waals surface area contributed by atoms with Gasteiger partial charge in [-0.2, -0.15) is 10.2 Å². The molecule has 66 heavy (non-hydrogen) atoms. The molecule has 0 spiro atoms. The zero-order valence-corrected chi connectivity index (χ0v) is 41.2. The minimum absolute atomic E-state index is 0.307. The van der Waals surface area contributed by atoms with Crippen LogP contribution < -0.4 is 15.5 Å². The molecule has 4 saturated heterocycles. The summed E-state index contributed by atoms with van der Waals surface area (Å²) in [6.45, 7) is 10.7. The molecule has 0 radical (unpaired) electrons. The third-order valence-corrected chi connectivity index (χ3v) is 17.0. The SMILES string of the molecule is CC1C[C@H]2CC[C@@H](C1)N2c1cnc2c(-c3ccc4nn(C)cc4c3Cl)cn(COCC[Si](C)(C)C)c2n1.Cn1cc2c(Cl)c(-c3c[nH]c4nc(N5[C@@H]6CC[C@H]5CC(N)C6)cnc34)ccc2n1. The third kappa shape index (κ3) is 7.93. The standard InChI is InChI=1S/C28H37ClN6OSi.C21H22ClN7/c1-18-12-19-6-7-20(13-18)35(19)25-14-30-27-22(21-8-9-24-23(26(21)29)15-33(2)32-24)16-34(28(27)31-25)17-36-10-11-37(3,4)5;1-28-10-16-17(27-28)5-4-14(19(16)22)15-8-25-21-20(15)24-9-18(26-21)29-12-2-3-13(29)7-11(23)6-12/h8-9,14-16,18-20H,6-7,10-13,17H2,1-5H3;4-5,8-13H,2-3,6-7,23H2,1H3,(H,25,26)/t18?,19-,20+;11?,12-,13+. The fraction of sp³-hybridized carbons (Fsp3) is 0.469. The van der Waals surface area contributed by atoms with E-state index in [1.165, 1.54) is 38.5 Å². The molecule has 0 saturated carbocycles. The maximum absolute atomic E-state index is 6.94. The van der Waals surface area contributed by atoms with E-state index < -0.39 is 8.07 Å². The molecule has 0 amide bonds. The largest absolute Gasteiger partial charge is 0.361 e. The second kappa shape index (κ2) is 16.9. The summed E-state index contributed by atoms with van der Waals surface area (Å²) < 4.78 is 11.9. The minimum Gasteiger partial charge on any atom is -0.361 e. The number of aryl methyl sites for hydroxylation is 2. The van der Waals surface area contributed by atoms with Crippen LogP contribution in [0.15, 0.2) is 61.4 Å². The first-order valence-corrected chi connectivity index (χ1v) is 28.1. The van der Waals surface area contributed by atoms with Gasteiger partial charge in [0, 0.05) is 117 Å². The van der Waals surface area contributed by atoms with Gasteiger partial charge in [-0.05, 0) is 75.5 Å². The van der Waals surface area contributed by atoms with Crippen molar-refractivity contribution >= 4 is 87.0 Å². The molecule has 3 N–H and O–H groups in total. The number of piperidine rings is 2. The summed E-state index contributed by atoms with van der Waals surface area (Å²) >= 11 is 13.7. The van der Waals surface area contributed by atoms with E-state index in [9.17, 15) is 0 Å². The van der Waals surface area contributed by atoms with Crippen molar-refractivity contribution in [2.24, 2.45) is 25.7 Å². The Morgan fingerprint density at radius 1 is 0.712 bits per heavy atom. The fourth-order valence-electron chi connectivity index (χ4n) is 11.4. The molecule has 12 rings (SSSR count). The zero-order chi connectivity index (χ0) is 45.6. The van der Waals surface area contributed by atoms with Crippen LogP contribution in [-0.2, 0) is 25.6 Å². The summed E-state index contributed by atoms with van der Waals surface area (Å²) in [5, 5.41) is 12.2. The number of nitrogens with one attached hydrogen (secondary N) is 1. The minimum atomic E-state index is -1.17.